The van der Waals surface area contributed by atoms with Crippen molar-refractivity contribution < 1.29 is 4.74 Å². The minimum absolute atomic E-state index is 0.643. The Kier molecular flexibility index (Phi) is 5.93. The molecule has 2 nitrogen and oxygen atoms in total. The van der Waals surface area contributed by atoms with Gasteiger partial charge in [0.2, 0.25) is 0 Å². The molecule has 0 aliphatic carbocycles. The third-order valence-electron chi connectivity index (χ3n) is 2.68. The number of anilines is 1. The Labute approximate surface area is 144 Å². The second-order valence-corrected chi connectivity index (χ2v) is 6.86. The van der Waals surface area contributed by atoms with E-state index in [9.17, 15) is 0 Å². The summed E-state index contributed by atoms with van der Waals surface area (Å²) in [5.74, 6) is 0.887. The van der Waals surface area contributed by atoms with Gasteiger partial charge in [-0.05, 0) is 53.2 Å². The highest BCUT2D eigenvalue weighted by Gasteiger charge is 2.10. The lowest BCUT2D eigenvalue weighted by Gasteiger charge is -2.14. The summed E-state index contributed by atoms with van der Waals surface area (Å²) in [4.78, 5) is 0. The molecule has 2 aromatic rings. The minimum atomic E-state index is 0.643. The summed E-state index contributed by atoms with van der Waals surface area (Å²) in [6, 6.07) is 12.2. The monoisotopic (exact) mass is 461 g/mol. The van der Waals surface area contributed by atoms with E-state index in [4.69, 9.17) is 4.74 Å². The molecule has 20 heavy (non-hydrogen) atoms. The maximum atomic E-state index is 5.72. The van der Waals surface area contributed by atoms with Gasteiger partial charge in [0.05, 0.1) is 11.1 Å². The molecule has 0 heterocycles. The van der Waals surface area contributed by atoms with Gasteiger partial charge in [0.1, 0.15) is 5.75 Å². The molecule has 1 N–H and O–H groups in total. The first-order valence-electron chi connectivity index (χ1n) is 6.20. The van der Waals surface area contributed by atoms with Crippen molar-refractivity contribution in [1.82, 2.24) is 0 Å². The smallest absolute Gasteiger partial charge is 0.138 e. The second-order valence-electron chi connectivity index (χ2n) is 4.17. The third-order valence-corrected chi connectivity index (χ3v) is 4.22. The number of ether oxygens (including phenoxy) is 1. The SMILES string of the molecule is CCOc1c(Br)cc(Br)cc1CNc1cccc(Br)c1. The fourth-order valence-electron chi connectivity index (χ4n) is 1.85. The van der Waals surface area contributed by atoms with E-state index in [1.165, 1.54) is 0 Å². The number of halogens is 3. The van der Waals surface area contributed by atoms with Crippen LogP contribution in [0.15, 0.2) is 49.8 Å². The van der Waals surface area contributed by atoms with Crippen molar-refractivity contribution in [2.24, 2.45) is 0 Å². The van der Waals surface area contributed by atoms with Gasteiger partial charge in [0, 0.05) is 26.7 Å². The fraction of sp³-hybridized carbons (Fsp3) is 0.200. The Morgan fingerprint density at radius 1 is 1.05 bits per heavy atom. The van der Waals surface area contributed by atoms with E-state index in [1.54, 1.807) is 0 Å². The number of nitrogens with one attached hydrogen (secondary N) is 1. The Morgan fingerprint density at radius 2 is 1.85 bits per heavy atom. The predicted molar refractivity (Wildman–Crippen MR) is 94.5 cm³/mol. The quantitative estimate of drug-likeness (QED) is 0.588. The van der Waals surface area contributed by atoms with Crippen LogP contribution < -0.4 is 10.1 Å². The summed E-state index contributed by atoms with van der Waals surface area (Å²) in [5.41, 5.74) is 2.17. The van der Waals surface area contributed by atoms with Crippen LogP contribution in [0.25, 0.3) is 0 Å². The number of hydrogen-bond donors (Lipinski definition) is 1. The first-order valence-corrected chi connectivity index (χ1v) is 8.58. The van der Waals surface area contributed by atoms with Crippen LogP contribution in [0.5, 0.6) is 5.75 Å². The van der Waals surface area contributed by atoms with Gasteiger partial charge < -0.3 is 10.1 Å². The van der Waals surface area contributed by atoms with Crippen LogP contribution in [0.3, 0.4) is 0 Å². The molecule has 0 aliphatic heterocycles. The molecule has 5 heteroatoms. The van der Waals surface area contributed by atoms with E-state index in [-0.39, 0.29) is 0 Å². The van der Waals surface area contributed by atoms with E-state index in [0.717, 1.165) is 30.4 Å². The van der Waals surface area contributed by atoms with Crippen molar-refractivity contribution in [3.8, 4) is 5.75 Å². The number of hydrogen-bond acceptors (Lipinski definition) is 2. The molecule has 0 fully saturated rings. The average Bonchev–Trinajstić information content (AvgIpc) is 2.40. The van der Waals surface area contributed by atoms with Crippen LogP contribution >= 0.6 is 47.8 Å². The summed E-state index contributed by atoms with van der Waals surface area (Å²) in [6.07, 6.45) is 0. The molecule has 0 bridgehead atoms. The highest BCUT2D eigenvalue weighted by molar-refractivity contribution is 9.11. The average molecular weight is 464 g/mol. The number of rotatable bonds is 5. The molecule has 0 amide bonds. The first-order chi connectivity index (χ1) is 9.60. The van der Waals surface area contributed by atoms with Crippen LogP contribution in [0, 0.1) is 0 Å². The molecule has 0 aromatic heterocycles. The largest absolute Gasteiger partial charge is 0.492 e. The van der Waals surface area contributed by atoms with Gasteiger partial charge in [0.15, 0.2) is 0 Å². The van der Waals surface area contributed by atoms with Gasteiger partial charge >= 0.3 is 0 Å². The maximum Gasteiger partial charge on any atom is 0.138 e. The zero-order valence-corrected chi connectivity index (χ0v) is 15.7. The third kappa shape index (κ3) is 4.24. The zero-order chi connectivity index (χ0) is 14.5. The van der Waals surface area contributed by atoms with E-state index >= 15 is 0 Å². The highest BCUT2D eigenvalue weighted by Crippen LogP contribution is 2.33. The molecular formula is C15H14Br3NO. The fourth-order valence-corrected chi connectivity index (χ4v) is 3.67. The molecule has 0 saturated heterocycles. The van der Waals surface area contributed by atoms with Crippen molar-refractivity contribution in [3.05, 3.63) is 55.4 Å². The molecule has 0 radical (unpaired) electrons. The van der Waals surface area contributed by atoms with Gasteiger partial charge in [-0.3, -0.25) is 0 Å². The van der Waals surface area contributed by atoms with E-state index in [2.05, 4.69) is 59.2 Å². The van der Waals surface area contributed by atoms with Gasteiger partial charge in [-0.2, -0.15) is 0 Å². The summed E-state index contributed by atoms with van der Waals surface area (Å²) in [7, 11) is 0. The van der Waals surface area contributed by atoms with Gasteiger partial charge in [0.25, 0.3) is 0 Å². The van der Waals surface area contributed by atoms with Gasteiger partial charge in [-0.1, -0.05) is 37.9 Å². The molecule has 106 valence electrons. The normalized spacial score (nSPS) is 10.4. The molecule has 2 rings (SSSR count). The maximum absolute atomic E-state index is 5.72. The first kappa shape index (κ1) is 15.9. The van der Waals surface area contributed by atoms with Crippen molar-refractivity contribution in [2.75, 3.05) is 11.9 Å². The van der Waals surface area contributed by atoms with E-state index < -0.39 is 0 Å². The predicted octanol–water partition coefficient (Wildman–Crippen LogP) is 5.98. The van der Waals surface area contributed by atoms with Crippen molar-refractivity contribution >= 4 is 53.5 Å². The van der Waals surface area contributed by atoms with Crippen LogP contribution in [-0.2, 0) is 6.54 Å². The Morgan fingerprint density at radius 3 is 2.55 bits per heavy atom. The lowest BCUT2D eigenvalue weighted by Crippen LogP contribution is -2.04. The lowest BCUT2D eigenvalue weighted by molar-refractivity contribution is 0.334. The van der Waals surface area contributed by atoms with E-state index in [1.807, 2.05) is 37.3 Å². The van der Waals surface area contributed by atoms with Crippen LogP contribution in [0.2, 0.25) is 0 Å². The molecule has 0 atom stereocenters. The van der Waals surface area contributed by atoms with Gasteiger partial charge in [-0.25, -0.2) is 0 Å². The zero-order valence-electron chi connectivity index (χ0n) is 10.9. The molecule has 0 aliphatic rings. The van der Waals surface area contributed by atoms with Crippen LogP contribution in [0.4, 0.5) is 5.69 Å². The van der Waals surface area contributed by atoms with Crippen molar-refractivity contribution in [1.29, 1.82) is 0 Å². The van der Waals surface area contributed by atoms with Crippen molar-refractivity contribution in [2.45, 2.75) is 13.5 Å². The minimum Gasteiger partial charge on any atom is -0.492 e. The standard InChI is InChI=1S/C15H14Br3NO/c1-2-20-15-10(6-12(17)8-14(15)18)9-19-13-5-3-4-11(16)7-13/h3-8,19H,2,9H2,1H3. The highest BCUT2D eigenvalue weighted by atomic mass is 79.9. The summed E-state index contributed by atoms with van der Waals surface area (Å²) >= 11 is 10.5. The lowest BCUT2D eigenvalue weighted by atomic mass is 10.2. The van der Waals surface area contributed by atoms with Crippen LogP contribution in [-0.4, -0.2) is 6.61 Å². The summed E-state index contributed by atoms with van der Waals surface area (Å²) in [6.45, 7) is 3.33. The topological polar surface area (TPSA) is 21.3 Å². The molecule has 2 aromatic carbocycles. The second kappa shape index (κ2) is 7.48. The Balaban J connectivity index is 2.20. The molecule has 0 saturated carbocycles. The summed E-state index contributed by atoms with van der Waals surface area (Å²) in [5, 5.41) is 3.40. The Bertz CT molecular complexity index is 602. The summed E-state index contributed by atoms with van der Waals surface area (Å²) < 4.78 is 8.76. The van der Waals surface area contributed by atoms with E-state index in [0.29, 0.717) is 13.2 Å². The van der Waals surface area contributed by atoms with Gasteiger partial charge in [-0.15, -0.1) is 0 Å². The number of benzene rings is 2. The molecular weight excluding hydrogens is 450 g/mol. The van der Waals surface area contributed by atoms with Crippen LogP contribution in [0.1, 0.15) is 12.5 Å². The molecule has 0 spiro atoms. The van der Waals surface area contributed by atoms with Crippen molar-refractivity contribution in [3.63, 3.8) is 0 Å². The molecule has 0 unspecified atom stereocenters. The Hall–Kier alpha value is -0.520.